The summed E-state index contributed by atoms with van der Waals surface area (Å²) in [5.41, 5.74) is 9.12. The van der Waals surface area contributed by atoms with Gasteiger partial charge < -0.3 is 10.5 Å². The van der Waals surface area contributed by atoms with E-state index in [1.54, 1.807) is 18.5 Å². The number of halogens is 1. The molecule has 1 aromatic heterocycles. The number of hydrogen-bond acceptors (Lipinski definition) is 3. The maximum atomic E-state index is 13.3. The molecule has 4 heteroatoms. The third-order valence-corrected chi connectivity index (χ3v) is 3.54. The summed E-state index contributed by atoms with van der Waals surface area (Å²) < 4.78 is 19.2. The number of fused-ring (bicyclic) bond motifs is 1. The zero-order valence-electron chi connectivity index (χ0n) is 10.6. The van der Waals surface area contributed by atoms with Gasteiger partial charge in [0.05, 0.1) is 0 Å². The molecule has 3 nitrogen and oxygen atoms in total. The fraction of sp³-hybridized carbons (Fsp3) is 0.267. The zero-order valence-corrected chi connectivity index (χ0v) is 10.6. The van der Waals surface area contributed by atoms with Crippen LogP contribution >= 0.6 is 0 Å². The number of aromatic nitrogens is 1. The summed E-state index contributed by atoms with van der Waals surface area (Å²) in [6.07, 6.45) is 4.04. The van der Waals surface area contributed by atoms with Gasteiger partial charge >= 0.3 is 0 Å². The second kappa shape index (κ2) is 4.63. The minimum atomic E-state index is -0.311. The minimum absolute atomic E-state index is 0.144. The molecule has 0 bridgehead atoms. The van der Waals surface area contributed by atoms with Gasteiger partial charge in [-0.3, -0.25) is 4.98 Å². The predicted molar refractivity (Wildman–Crippen MR) is 70.3 cm³/mol. The molecule has 98 valence electrons. The molecule has 3 rings (SSSR count). The summed E-state index contributed by atoms with van der Waals surface area (Å²) >= 11 is 0. The van der Waals surface area contributed by atoms with Gasteiger partial charge in [0.2, 0.25) is 0 Å². The molecular formula is C15H15FN2O. The van der Waals surface area contributed by atoms with Crippen molar-refractivity contribution in [1.82, 2.24) is 4.98 Å². The van der Waals surface area contributed by atoms with Crippen LogP contribution in [0.15, 0.2) is 36.7 Å². The number of ether oxygens (including phenoxy) is 1. The van der Waals surface area contributed by atoms with E-state index in [0.29, 0.717) is 12.2 Å². The van der Waals surface area contributed by atoms with Gasteiger partial charge in [-0.15, -0.1) is 0 Å². The normalized spacial score (nSPS) is 21.6. The van der Waals surface area contributed by atoms with Gasteiger partial charge in [0.15, 0.2) is 0 Å². The van der Waals surface area contributed by atoms with Crippen LogP contribution in [0.2, 0.25) is 0 Å². The Bertz CT molecular complexity index is 615. The van der Waals surface area contributed by atoms with Crippen LogP contribution in [-0.4, -0.2) is 4.98 Å². The van der Waals surface area contributed by atoms with Crippen molar-refractivity contribution in [2.24, 2.45) is 5.73 Å². The summed E-state index contributed by atoms with van der Waals surface area (Å²) in [5.74, 6) is 0.224. The molecule has 1 unspecified atom stereocenters. The summed E-state index contributed by atoms with van der Waals surface area (Å²) in [6.45, 7) is 2.01. The van der Waals surface area contributed by atoms with Crippen molar-refractivity contribution in [3.8, 4) is 5.75 Å². The molecule has 1 aliphatic heterocycles. The summed E-state index contributed by atoms with van der Waals surface area (Å²) in [4.78, 5) is 4.12. The molecule has 0 amide bonds. The van der Waals surface area contributed by atoms with E-state index in [9.17, 15) is 4.39 Å². The van der Waals surface area contributed by atoms with Gasteiger partial charge in [-0.2, -0.15) is 0 Å². The van der Waals surface area contributed by atoms with E-state index < -0.39 is 0 Å². The highest BCUT2D eigenvalue weighted by Crippen LogP contribution is 2.40. The van der Waals surface area contributed by atoms with E-state index in [2.05, 4.69) is 4.98 Å². The van der Waals surface area contributed by atoms with E-state index in [1.165, 1.54) is 12.1 Å². The number of pyridine rings is 1. The first-order chi connectivity index (χ1) is 9.15. The molecule has 19 heavy (non-hydrogen) atoms. The number of rotatable bonds is 1. The van der Waals surface area contributed by atoms with Gasteiger partial charge in [0.25, 0.3) is 0 Å². The standard InChI is InChI=1S/C15H15FN2O/c1-9-4-5-18-8-12(9)15-7-13(17)11-3-2-10(16)6-14(11)19-15/h2-6,8,13,15H,7,17H2,1H3/t13-,15?/m1/s1. The van der Waals surface area contributed by atoms with Crippen molar-refractivity contribution in [1.29, 1.82) is 0 Å². The molecule has 2 aromatic rings. The summed E-state index contributed by atoms with van der Waals surface area (Å²) in [7, 11) is 0. The molecule has 0 saturated carbocycles. The number of aryl methyl sites for hydroxylation is 1. The SMILES string of the molecule is Cc1ccncc1C1C[C@@H](N)c2ccc(F)cc2O1. The first-order valence-electron chi connectivity index (χ1n) is 6.27. The van der Waals surface area contributed by atoms with Crippen LogP contribution in [0.4, 0.5) is 4.39 Å². The highest BCUT2D eigenvalue weighted by Gasteiger charge is 2.28. The van der Waals surface area contributed by atoms with Crippen molar-refractivity contribution < 1.29 is 9.13 Å². The van der Waals surface area contributed by atoms with Crippen LogP contribution in [0.3, 0.4) is 0 Å². The van der Waals surface area contributed by atoms with Crippen LogP contribution in [0.25, 0.3) is 0 Å². The summed E-state index contributed by atoms with van der Waals surface area (Å²) in [5, 5.41) is 0. The maximum Gasteiger partial charge on any atom is 0.127 e. The quantitative estimate of drug-likeness (QED) is 0.855. The van der Waals surface area contributed by atoms with Gasteiger partial charge in [-0.1, -0.05) is 6.07 Å². The molecular weight excluding hydrogens is 243 g/mol. The van der Waals surface area contributed by atoms with Gasteiger partial charge in [-0.25, -0.2) is 4.39 Å². The van der Waals surface area contributed by atoms with Gasteiger partial charge in [0.1, 0.15) is 17.7 Å². The Hall–Kier alpha value is -1.94. The molecule has 0 aliphatic carbocycles. The third kappa shape index (κ3) is 2.19. The first kappa shape index (κ1) is 12.1. The topological polar surface area (TPSA) is 48.1 Å². The molecule has 0 fully saturated rings. The van der Waals surface area contributed by atoms with Crippen molar-refractivity contribution in [2.75, 3.05) is 0 Å². The van der Waals surface area contributed by atoms with Crippen molar-refractivity contribution in [2.45, 2.75) is 25.5 Å². The number of nitrogens with zero attached hydrogens (tertiary/aromatic N) is 1. The van der Waals surface area contributed by atoms with Crippen molar-refractivity contribution in [3.63, 3.8) is 0 Å². The molecule has 0 radical (unpaired) electrons. The van der Waals surface area contributed by atoms with E-state index in [0.717, 1.165) is 16.7 Å². The second-order valence-corrected chi connectivity index (χ2v) is 4.86. The van der Waals surface area contributed by atoms with E-state index in [1.807, 2.05) is 13.0 Å². The molecule has 2 heterocycles. The number of hydrogen-bond donors (Lipinski definition) is 1. The molecule has 2 N–H and O–H groups in total. The van der Waals surface area contributed by atoms with Crippen LogP contribution < -0.4 is 10.5 Å². The van der Waals surface area contributed by atoms with Crippen LogP contribution in [0.1, 0.15) is 35.3 Å². The Kier molecular flexibility index (Phi) is 2.95. The molecule has 1 aromatic carbocycles. The van der Waals surface area contributed by atoms with Gasteiger partial charge in [0, 0.05) is 42.0 Å². The molecule has 0 spiro atoms. The Labute approximate surface area is 111 Å². The average molecular weight is 258 g/mol. The van der Waals surface area contributed by atoms with Crippen LogP contribution in [0, 0.1) is 12.7 Å². The minimum Gasteiger partial charge on any atom is -0.485 e. The molecule has 2 atom stereocenters. The number of benzene rings is 1. The second-order valence-electron chi connectivity index (χ2n) is 4.86. The van der Waals surface area contributed by atoms with Gasteiger partial charge in [-0.05, 0) is 24.6 Å². The van der Waals surface area contributed by atoms with E-state index in [-0.39, 0.29) is 18.0 Å². The Morgan fingerprint density at radius 2 is 2.16 bits per heavy atom. The Morgan fingerprint density at radius 1 is 1.32 bits per heavy atom. The van der Waals surface area contributed by atoms with Crippen LogP contribution in [-0.2, 0) is 0 Å². The lowest BCUT2D eigenvalue weighted by atomic mass is 9.92. The fourth-order valence-electron chi connectivity index (χ4n) is 2.48. The highest BCUT2D eigenvalue weighted by atomic mass is 19.1. The lowest BCUT2D eigenvalue weighted by Gasteiger charge is -2.31. The van der Waals surface area contributed by atoms with E-state index >= 15 is 0 Å². The Morgan fingerprint density at radius 3 is 2.95 bits per heavy atom. The van der Waals surface area contributed by atoms with E-state index in [4.69, 9.17) is 10.5 Å². The van der Waals surface area contributed by atoms with Crippen LogP contribution in [0.5, 0.6) is 5.75 Å². The fourth-order valence-corrected chi connectivity index (χ4v) is 2.48. The molecule has 0 saturated heterocycles. The highest BCUT2D eigenvalue weighted by molar-refractivity contribution is 5.40. The lowest BCUT2D eigenvalue weighted by molar-refractivity contribution is 0.160. The monoisotopic (exact) mass is 258 g/mol. The lowest BCUT2D eigenvalue weighted by Crippen LogP contribution is -2.24. The summed E-state index contributed by atoms with van der Waals surface area (Å²) in [6, 6.07) is 6.30. The largest absolute Gasteiger partial charge is 0.485 e. The van der Waals surface area contributed by atoms with Crippen molar-refractivity contribution in [3.05, 3.63) is 59.2 Å². The number of nitrogens with two attached hydrogens (primary N) is 1. The first-order valence-corrected chi connectivity index (χ1v) is 6.27. The molecule has 1 aliphatic rings. The predicted octanol–water partition coefficient (Wildman–Crippen LogP) is 3.05. The maximum absolute atomic E-state index is 13.3. The Balaban J connectivity index is 1.99. The van der Waals surface area contributed by atoms with Crippen molar-refractivity contribution >= 4 is 0 Å². The third-order valence-electron chi connectivity index (χ3n) is 3.54. The smallest absolute Gasteiger partial charge is 0.127 e. The zero-order chi connectivity index (χ0) is 13.4. The average Bonchev–Trinajstić information content (AvgIpc) is 2.38.